The molecule has 2 aromatic rings. The molecule has 2 aliphatic heterocycles. The maximum Gasteiger partial charge on any atom is 0.312 e. The van der Waals surface area contributed by atoms with Crippen LogP contribution in [0, 0.1) is 5.92 Å². The van der Waals surface area contributed by atoms with Crippen molar-refractivity contribution in [2.75, 3.05) is 50.8 Å². The number of nitrogens with zero attached hydrogens (tertiary/aromatic N) is 8. The van der Waals surface area contributed by atoms with E-state index in [1.54, 1.807) is 30.4 Å². The number of fused-ring (bicyclic) bond motifs is 1. The minimum Gasteiger partial charge on any atom is -0.466 e. The molecule has 0 spiro atoms. The smallest absolute Gasteiger partial charge is 0.312 e. The van der Waals surface area contributed by atoms with Gasteiger partial charge in [-0.25, -0.2) is 15.0 Å². The third kappa shape index (κ3) is 4.25. The molecular weight excluding hydrogens is 388 g/mol. The van der Waals surface area contributed by atoms with E-state index in [0.717, 1.165) is 0 Å². The van der Waals surface area contributed by atoms with Gasteiger partial charge in [0, 0.05) is 64.8 Å². The van der Waals surface area contributed by atoms with Crippen LogP contribution in [0.5, 0.6) is 0 Å². The second kappa shape index (κ2) is 8.74. The molecule has 0 bridgehead atoms. The Labute approximate surface area is 174 Å². The fourth-order valence-corrected chi connectivity index (χ4v) is 4.03. The van der Waals surface area contributed by atoms with E-state index in [-0.39, 0.29) is 29.7 Å². The van der Waals surface area contributed by atoms with Gasteiger partial charge in [0.15, 0.2) is 0 Å². The molecule has 4 rings (SSSR count). The summed E-state index contributed by atoms with van der Waals surface area (Å²) >= 11 is 0. The zero-order chi connectivity index (χ0) is 21.1. The molecule has 0 saturated carbocycles. The number of esters is 1. The third-order valence-electron chi connectivity index (χ3n) is 5.46. The van der Waals surface area contributed by atoms with E-state index >= 15 is 0 Å². The number of hydrogen-bond donors (Lipinski definition) is 0. The molecule has 4 heterocycles. The summed E-state index contributed by atoms with van der Waals surface area (Å²) < 4.78 is 6.83. The third-order valence-corrected chi connectivity index (χ3v) is 5.46. The first-order chi connectivity index (χ1) is 14.5. The van der Waals surface area contributed by atoms with Crippen molar-refractivity contribution in [3.63, 3.8) is 0 Å². The van der Waals surface area contributed by atoms with Crippen molar-refractivity contribution in [2.24, 2.45) is 13.0 Å². The summed E-state index contributed by atoms with van der Waals surface area (Å²) in [6.07, 6.45) is 4.90. The molecular formula is C19H26N8O3. The lowest BCUT2D eigenvalue weighted by Gasteiger charge is -2.41. The van der Waals surface area contributed by atoms with E-state index < -0.39 is 0 Å². The first kappa shape index (κ1) is 20.2. The van der Waals surface area contributed by atoms with Crippen molar-refractivity contribution < 1.29 is 14.3 Å². The van der Waals surface area contributed by atoms with Crippen LogP contribution in [0.1, 0.15) is 17.5 Å². The minimum absolute atomic E-state index is 0.0367. The van der Waals surface area contributed by atoms with Gasteiger partial charge in [0.1, 0.15) is 6.33 Å². The van der Waals surface area contributed by atoms with Gasteiger partial charge in [-0.3, -0.25) is 19.2 Å². The minimum atomic E-state index is -0.307. The summed E-state index contributed by atoms with van der Waals surface area (Å²) in [6.45, 7) is 5.58. The first-order valence-corrected chi connectivity index (χ1v) is 10.1. The number of aryl methyl sites for hydroxylation is 1. The Morgan fingerprint density at radius 3 is 2.60 bits per heavy atom. The van der Waals surface area contributed by atoms with Crippen LogP contribution in [0.25, 0.3) is 0 Å². The molecule has 30 heavy (non-hydrogen) atoms. The molecule has 2 fully saturated rings. The van der Waals surface area contributed by atoms with Gasteiger partial charge in [-0.05, 0) is 13.0 Å². The highest BCUT2D eigenvalue weighted by Crippen LogP contribution is 2.22. The van der Waals surface area contributed by atoms with Gasteiger partial charge in [-0.1, -0.05) is 0 Å². The summed E-state index contributed by atoms with van der Waals surface area (Å²) in [5.74, 6) is 0.0772. The van der Waals surface area contributed by atoms with Crippen LogP contribution >= 0.6 is 0 Å². The highest BCUT2D eigenvalue weighted by Gasteiger charge is 2.39. The zero-order valence-corrected chi connectivity index (χ0v) is 17.2. The topological polar surface area (TPSA) is 110 Å². The fourth-order valence-electron chi connectivity index (χ4n) is 4.03. The molecule has 0 radical (unpaired) electrons. The van der Waals surface area contributed by atoms with E-state index in [1.807, 2.05) is 11.8 Å². The predicted octanol–water partition coefficient (Wildman–Crippen LogP) is -0.569. The van der Waals surface area contributed by atoms with Crippen LogP contribution in [0.15, 0.2) is 24.8 Å². The molecule has 0 unspecified atom stereocenters. The normalized spacial score (nSPS) is 22.3. The van der Waals surface area contributed by atoms with E-state index in [9.17, 15) is 9.59 Å². The second-order valence-electron chi connectivity index (χ2n) is 7.54. The summed E-state index contributed by atoms with van der Waals surface area (Å²) in [5.41, 5.74) is 0. The zero-order valence-electron chi connectivity index (χ0n) is 17.2. The Bertz CT molecular complexity index is 889. The molecule has 160 valence electrons. The van der Waals surface area contributed by atoms with E-state index in [0.29, 0.717) is 51.8 Å². The molecule has 0 aromatic carbocycles. The van der Waals surface area contributed by atoms with Crippen LogP contribution in [-0.4, -0.2) is 98.3 Å². The van der Waals surface area contributed by atoms with Crippen molar-refractivity contribution in [2.45, 2.75) is 13.0 Å². The number of aromatic nitrogens is 5. The predicted molar refractivity (Wildman–Crippen MR) is 107 cm³/mol. The molecule has 0 aliphatic carbocycles. The maximum absolute atomic E-state index is 12.8. The van der Waals surface area contributed by atoms with Crippen molar-refractivity contribution in [1.29, 1.82) is 0 Å². The number of carbonyl (C=O) groups excluding carboxylic acids is 2. The van der Waals surface area contributed by atoms with Crippen molar-refractivity contribution in [1.82, 2.24) is 34.5 Å². The largest absolute Gasteiger partial charge is 0.466 e. The number of piperazine rings is 1. The standard InChI is InChI=1S/C19H26N8O3/c1-3-30-18(29)14-9-25-7-8-26(17(28)16-22-13-24(2)23-16)11-15(25)12-27(10-14)19-20-5-4-6-21-19/h4-6,13-15H,3,7-12H2,1-2H3/t14-,15-/m0/s1. The summed E-state index contributed by atoms with van der Waals surface area (Å²) in [6, 6.07) is 1.80. The average molecular weight is 414 g/mol. The van der Waals surface area contributed by atoms with Gasteiger partial charge in [0.2, 0.25) is 11.8 Å². The van der Waals surface area contributed by atoms with Gasteiger partial charge in [-0.2, -0.15) is 0 Å². The number of rotatable bonds is 4. The Morgan fingerprint density at radius 2 is 1.90 bits per heavy atom. The number of anilines is 1. The van der Waals surface area contributed by atoms with Crippen LogP contribution in [0.2, 0.25) is 0 Å². The lowest BCUT2D eigenvalue weighted by atomic mass is 10.1. The van der Waals surface area contributed by atoms with Crippen molar-refractivity contribution >= 4 is 17.8 Å². The summed E-state index contributed by atoms with van der Waals surface area (Å²) in [4.78, 5) is 44.3. The molecule has 0 N–H and O–H groups in total. The monoisotopic (exact) mass is 414 g/mol. The molecule has 1 amide bonds. The quantitative estimate of drug-likeness (QED) is 0.608. The summed E-state index contributed by atoms with van der Waals surface area (Å²) in [5, 5.41) is 4.14. The van der Waals surface area contributed by atoms with E-state index in [2.05, 4.69) is 25.0 Å². The van der Waals surface area contributed by atoms with Gasteiger partial charge < -0.3 is 14.5 Å². The highest BCUT2D eigenvalue weighted by molar-refractivity contribution is 5.90. The second-order valence-corrected chi connectivity index (χ2v) is 7.54. The van der Waals surface area contributed by atoms with Crippen molar-refractivity contribution in [3.05, 3.63) is 30.6 Å². The van der Waals surface area contributed by atoms with Gasteiger partial charge in [0.05, 0.1) is 12.5 Å². The number of carbonyl (C=O) groups is 2. The van der Waals surface area contributed by atoms with Crippen molar-refractivity contribution in [3.8, 4) is 0 Å². The molecule has 11 heteroatoms. The molecule has 2 saturated heterocycles. The van der Waals surface area contributed by atoms with Crippen LogP contribution < -0.4 is 4.90 Å². The van der Waals surface area contributed by atoms with E-state index in [4.69, 9.17) is 4.74 Å². The van der Waals surface area contributed by atoms with Crippen LogP contribution in [-0.2, 0) is 16.6 Å². The Hall–Kier alpha value is -3.08. The molecule has 2 aliphatic rings. The molecule has 2 aromatic heterocycles. The van der Waals surface area contributed by atoms with Crippen LogP contribution in [0.4, 0.5) is 5.95 Å². The SMILES string of the molecule is CCOC(=O)[C@@H]1CN(c2ncccn2)C[C@@H]2CN(C(=O)c3ncn(C)n3)CCN2C1. The highest BCUT2D eigenvalue weighted by atomic mass is 16.5. The maximum atomic E-state index is 12.8. The van der Waals surface area contributed by atoms with Gasteiger partial charge in [0.25, 0.3) is 5.91 Å². The number of amides is 1. The van der Waals surface area contributed by atoms with Gasteiger partial charge in [-0.15, -0.1) is 5.10 Å². The number of hydrogen-bond acceptors (Lipinski definition) is 9. The van der Waals surface area contributed by atoms with Crippen LogP contribution in [0.3, 0.4) is 0 Å². The van der Waals surface area contributed by atoms with Gasteiger partial charge >= 0.3 is 5.97 Å². The molecule has 2 atom stereocenters. The molecule has 11 nitrogen and oxygen atoms in total. The summed E-state index contributed by atoms with van der Waals surface area (Å²) in [7, 11) is 1.74. The fraction of sp³-hybridized carbons (Fsp3) is 0.579. The Kier molecular flexibility index (Phi) is 5.88. The lowest BCUT2D eigenvalue weighted by molar-refractivity contribution is -0.148. The van der Waals surface area contributed by atoms with E-state index in [1.165, 1.54) is 11.0 Å². The first-order valence-electron chi connectivity index (χ1n) is 10.1. The Morgan fingerprint density at radius 1 is 1.10 bits per heavy atom. The number of ether oxygens (including phenoxy) is 1. The average Bonchev–Trinajstić information content (AvgIpc) is 3.10. The lowest BCUT2D eigenvalue weighted by Crippen LogP contribution is -2.57. The Balaban J connectivity index is 1.54.